The molecule has 2 aromatic rings. The number of hydrogen-bond acceptors (Lipinski definition) is 0. The number of halogens is 2. The Morgan fingerprint density at radius 2 is 1.33 bits per heavy atom. The van der Waals surface area contributed by atoms with Gasteiger partial charge >= 0.3 is 0 Å². The molecule has 2 rings (SSSR count). The van der Waals surface area contributed by atoms with Crippen molar-refractivity contribution in [3.05, 3.63) is 54.6 Å². The van der Waals surface area contributed by atoms with Crippen LogP contribution in [0, 0.1) is 0 Å². The van der Waals surface area contributed by atoms with Crippen molar-refractivity contribution < 1.29 is 0 Å². The van der Waals surface area contributed by atoms with Gasteiger partial charge in [0.05, 0.1) is 0 Å². The maximum absolute atomic E-state index is 5.99. The van der Waals surface area contributed by atoms with E-state index in [9.17, 15) is 0 Å². The minimum absolute atomic E-state index is 1.02. The van der Waals surface area contributed by atoms with Crippen molar-refractivity contribution in [2.24, 2.45) is 0 Å². The van der Waals surface area contributed by atoms with Crippen molar-refractivity contribution in [1.82, 2.24) is 0 Å². The van der Waals surface area contributed by atoms with Gasteiger partial charge in [-0.2, -0.15) is 0 Å². The van der Waals surface area contributed by atoms with Gasteiger partial charge in [0.1, 0.15) is 6.63 Å². The van der Waals surface area contributed by atoms with Gasteiger partial charge in [-0.25, -0.2) is 0 Å². The molecule has 0 aromatic heterocycles. The van der Waals surface area contributed by atoms with Gasteiger partial charge in [-0.1, -0.05) is 77.1 Å². The molecule has 0 unspecified atom stereocenters. The first-order valence-electron chi connectivity index (χ1n) is 4.55. The van der Waals surface area contributed by atoms with Crippen LogP contribution in [0.4, 0.5) is 0 Å². The molecule has 0 heterocycles. The van der Waals surface area contributed by atoms with E-state index in [0.717, 1.165) is 16.4 Å². The van der Waals surface area contributed by atoms with Crippen molar-refractivity contribution in [1.29, 1.82) is 0 Å². The molecule has 0 N–H and O–H groups in total. The second kappa shape index (κ2) is 4.99. The van der Waals surface area contributed by atoms with E-state index >= 15 is 0 Å². The van der Waals surface area contributed by atoms with Gasteiger partial charge in [0.2, 0.25) is 0 Å². The van der Waals surface area contributed by atoms with Gasteiger partial charge in [-0.15, -0.1) is 0 Å². The molecule has 0 aliphatic carbocycles. The smallest absolute Gasteiger partial charge is 0.0727 e. The molecular weight excluding hydrogens is 246 g/mol. The molecule has 0 aliphatic heterocycles. The van der Waals surface area contributed by atoms with Crippen LogP contribution in [-0.2, 0) is 0 Å². The fourth-order valence-corrected chi connectivity index (χ4v) is 2.95. The first-order chi connectivity index (χ1) is 7.29. The van der Waals surface area contributed by atoms with E-state index in [1.807, 2.05) is 42.5 Å². The Morgan fingerprint density at radius 3 is 2.00 bits per heavy atom. The zero-order valence-electron chi connectivity index (χ0n) is 7.90. The highest BCUT2D eigenvalue weighted by molar-refractivity contribution is 8.09. The van der Waals surface area contributed by atoms with Gasteiger partial charge < -0.3 is 0 Å². The van der Waals surface area contributed by atoms with E-state index in [1.54, 1.807) is 0 Å². The predicted molar refractivity (Wildman–Crippen MR) is 70.1 cm³/mol. The molecule has 0 radical (unpaired) electrons. The number of rotatable bonds is 2. The van der Waals surface area contributed by atoms with Crippen LogP contribution in [0.1, 0.15) is 0 Å². The van der Waals surface area contributed by atoms with Gasteiger partial charge in [-0.3, -0.25) is 0 Å². The molecule has 0 aliphatic rings. The lowest BCUT2D eigenvalue weighted by Crippen LogP contribution is -1.99. The Hall–Kier alpha value is -0.550. The third-order valence-corrected chi connectivity index (χ3v) is 4.02. The van der Waals surface area contributed by atoms with Crippen LogP contribution in [0.5, 0.6) is 0 Å². The maximum Gasteiger partial charge on any atom is 0.117 e. The topological polar surface area (TPSA) is 0 Å². The number of hydrogen-bond donors (Lipinski definition) is 0. The summed E-state index contributed by atoms with van der Waals surface area (Å²) in [6.45, 7) is -1.10. The first kappa shape index (κ1) is 11.0. The van der Waals surface area contributed by atoms with Crippen LogP contribution >= 0.6 is 29.1 Å². The summed E-state index contributed by atoms with van der Waals surface area (Å²) in [7, 11) is 0. The summed E-state index contributed by atoms with van der Waals surface area (Å²) in [4.78, 5) is 0. The second-order valence-electron chi connectivity index (χ2n) is 3.12. The average Bonchev–Trinajstić information content (AvgIpc) is 2.30. The molecule has 0 bridgehead atoms. The van der Waals surface area contributed by atoms with Gasteiger partial charge in [-0.05, 0) is 11.1 Å². The minimum Gasteiger partial charge on any atom is -0.0727 e. The zero-order chi connectivity index (χ0) is 10.7. The van der Waals surface area contributed by atoms with Gasteiger partial charge in [0.15, 0.2) is 0 Å². The summed E-state index contributed by atoms with van der Waals surface area (Å²) in [5.74, 6) is 0. The molecular formula is C12H9Cl2P. The van der Waals surface area contributed by atoms with Crippen LogP contribution in [-0.4, -0.2) is 0 Å². The van der Waals surface area contributed by atoms with Crippen LogP contribution < -0.4 is 5.30 Å². The van der Waals surface area contributed by atoms with E-state index < -0.39 is 6.63 Å². The third-order valence-electron chi connectivity index (χ3n) is 2.17. The first-order valence-corrected chi connectivity index (χ1v) is 7.70. The highest BCUT2D eigenvalue weighted by Crippen LogP contribution is 2.47. The summed E-state index contributed by atoms with van der Waals surface area (Å²) in [6.07, 6.45) is 0. The van der Waals surface area contributed by atoms with E-state index in [2.05, 4.69) is 12.1 Å². The highest BCUT2D eigenvalue weighted by Gasteiger charge is 2.10. The molecule has 0 nitrogen and oxygen atoms in total. The molecule has 0 fully saturated rings. The molecule has 76 valence electrons. The van der Waals surface area contributed by atoms with Crippen LogP contribution in [0.3, 0.4) is 0 Å². The van der Waals surface area contributed by atoms with Crippen molar-refractivity contribution >= 4 is 34.4 Å². The Labute approximate surface area is 100 Å². The van der Waals surface area contributed by atoms with Crippen molar-refractivity contribution in [2.45, 2.75) is 0 Å². The standard InChI is InChI=1S/C12H9Cl2P/c13-15(14)12-9-5-4-8-11(12)10-6-2-1-3-7-10/h1-9H. The lowest BCUT2D eigenvalue weighted by Gasteiger charge is -2.09. The Morgan fingerprint density at radius 1 is 0.733 bits per heavy atom. The molecule has 3 heteroatoms. The quantitative estimate of drug-likeness (QED) is 0.678. The Balaban J connectivity index is 2.53. The Bertz CT molecular complexity index is 440. The summed E-state index contributed by atoms with van der Waals surface area (Å²) in [5, 5.41) is 1.02. The van der Waals surface area contributed by atoms with Crippen molar-refractivity contribution in [2.75, 3.05) is 0 Å². The highest BCUT2D eigenvalue weighted by atomic mass is 35.9. The average molecular weight is 255 g/mol. The minimum atomic E-state index is -1.10. The summed E-state index contributed by atoms with van der Waals surface area (Å²) in [5.41, 5.74) is 2.27. The molecule has 0 saturated carbocycles. The van der Waals surface area contributed by atoms with Crippen LogP contribution in [0.15, 0.2) is 54.6 Å². The largest absolute Gasteiger partial charge is 0.117 e. The fourth-order valence-electron chi connectivity index (χ4n) is 1.48. The van der Waals surface area contributed by atoms with E-state index in [4.69, 9.17) is 22.5 Å². The van der Waals surface area contributed by atoms with Crippen LogP contribution in [0.25, 0.3) is 11.1 Å². The third kappa shape index (κ3) is 2.52. The zero-order valence-corrected chi connectivity index (χ0v) is 10.3. The van der Waals surface area contributed by atoms with Gasteiger partial charge in [0, 0.05) is 5.30 Å². The normalized spacial score (nSPS) is 10.6. The van der Waals surface area contributed by atoms with E-state index in [0.29, 0.717) is 0 Å². The summed E-state index contributed by atoms with van der Waals surface area (Å²) in [6, 6.07) is 18.1. The Kier molecular flexibility index (Phi) is 3.64. The molecule has 0 spiro atoms. The molecule has 0 saturated heterocycles. The van der Waals surface area contributed by atoms with Crippen molar-refractivity contribution in [3.8, 4) is 11.1 Å². The summed E-state index contributed by atoms with van der Waals surface area (Å²) >= 11 is 12.0. The van der Waals surface area contributed by atoms with E-state index in [-0.39, 0.29) is 0 Å². The lowest BCUT2D eigenvalue weighted by molar-refractivity contribution is 1.65. The van der Waals surface area contributed by atoms with Crippen LogP contribution in [0.2, 0.25) is 0 Å². The monoisotopic (exact) mass is 254 g/mol. The predicted octanol–water partition coefficient (Wildman–Crippen LogP) is 4.77. The second-order valence-corrected chi connectivity index (χ2v) is 6.61. The fraction of sp³-hybridized carbons (Fsp3) is 0. The molecule has 0 atom stereocenters. The maximum atomic E-state index is 5.99. The summed E-state index contributed by atoms with van der Waals surface area (Å²) < 4.78 is 0. The van der Waals surface area contributed by atoms with Crippen molar-refractivity contribution in [3.63, 3.8) is 0 Å². The SMILES string of the molecule is ClP(Cl)c1ccccc1-c1ccccc1. The van der Waals surface area contributed by atoms with Gasteiger partial charge in [0.25, 0.3) is 0 Å². The van der Waals surface area contributed by atoms with E-state index in [1.165, 1.54) is 0 Å². The molecule has 2 aromatic carbocycles. The lowest BCUT2D eigenvalue weighted by atomic mass is 10.1. The molecule has 15 heavy (non-hydrogen) atoms. The number of benzene rings is 2. The molecule has 0 amide bonds.